The summed E-state index contributed by atoms with van der Waals surface area (Å²) < 4.78 is 0. The number of thiophene rings is 1. The molecule has 0 atom stereocenters. The number of nitrogens with two attached hydrogens (primary N) is 1. The lowest BCUT2D eigenvalue weighted by molar-refractivity contribution is 0.0790. The highest BCUT2D eigenvalue weighted by molar-refractivity contribution is 7.14. The minimum atomic E-state index is 0.109. The zero-order valence-electron chi connectivity index (χ0n) is 8.41. The Morgan fingerprint density at radius 3 is 2.71 bits per heavy atom. The zero-order valence-corrected chi connectivity index (χ0v) is 9.23. The molecule has 1 aliphatic rings. The molecule has 2 N–H and O–H groups in total. The van der Waals surface area contributed by atoms with Crippen LogP contribution in [-0.2, 0) is 0 Å². The van der Waals surface area contributed by atoms with Crippen molar-refractivity contribution in [3.63, 3.8) is 0 Å². The predicted octanol–water partition coefficient (Wildman–Crippen LogP) is 1.87. The normalized spacial score (nSPS) is 15.6. The Labute approximate surface area is 87.5 Å². The van der Waals surface area contributed by atoms with Gasteiger partial charge < -0.3 is 10.6 Å². The molecule has 3 nitrogen and oxygen atoms in total. The van der Waals surface area contributed by atoms with Crippen molar-refractivity contribution >= 4 is 22.9 Å². The number of carbonyl (C=O) groups is 1. The van der Waals surface area contributed by atoms with Gasteiger partial charge in [-0.05, 0) is 25.8 Å². The van der Waals surface area contributed by atoms with E-state index >= 15 is 0 Å². The number of nitrogen functional groups attached to an aromatic ring is 1. The molecule has 2 rings (SSSR count). The first-order valence-electron chi connectivity index (χ1n) is 4.72. The molecular formula is C10H14N2OS. The van der Waals surface area contributed by atoms with Crippen molar-refractivity contribution in [1.29, 1.82) is 0 Å². The largest absolute Gasteiger partial charge is 0.398 e. The van der Waals surface area contributed by atoms with Crippen LogP contribution in [0.25, 0.3) is 0 Å². The summed E-state index contributed by atoms with van der Waals surface area (Å²) in [6, 6.07) is 2.24. The SMILES string of the molecule is Cc1sc(C(=O)N(C)C2CC2)cc1N. The van der Waals surface area contributed by atoms with Crippen molar-refractivity contribution in [2.24, 2.45) is 0 Å². The predicted molar refractivity (Wildman–Crippen MR) is 58.6 cm³/mol. The van der Waals surface area contributed by atoms with Crippen LogP contribution in [0.2, 0.25) is 0 Å². The van der Waals surface area contributed by atoms with E-state index in [0.29, 0.717) is 6.04 Å². The van der Waals surface area contributed by atoms with Gasteiger partial charge in [0, 0.05) is 23.7 Å². The van der Waals surface area contributed by atoms with Crippen LogP contribution >= 0.6 is 11.3 Å². The van der Waals surface area contributed by atoms with Gasteiger partial charge in [0.05, 0.1) is 4.88 Å². The fourth-order valence-electron chi connectivity index (χ4n) is 1.40. The number of hydrogen-bond acceptors (Lipinski definition) is 3. The lowest BCUT2D eigenvalue weighted by Crippen LogP contribution is -2.27. The molecule has 0 spiro atoms. The molecule has 0 aromatic carbocycles. The topological polar surface area (TPSA) is 46.3 Å². The van der Waals surface area contributed by atoms with Gasteiger partial charge in [0.1, 0.15) is 0 Å². The summed E-state index contributed by atoms with van der Waals surface area (Å²) in [6.07, 6.45) is 2.28. The van der Waals surface area contributed by atoms with E-state index in [1.807, 2.05) is 18.9 Å². The van der Waals surface area contributed by atoms with Crippen LogP contribution < -0.4 is 5.73 Å². The second-order valence-electron chi connectivity index (χ2n) is 3.77. The van der Waals surface area contributed by atoms with Crippen LogP contribution in [0.5, 0.6) is 0 Å². The van der Waals surface area contributed by atoms with Crippen LogP contribution in [0.1, 0.15) is 27.4 Å². The van der Waals surface area contributed by atoms with E-state index < -0.39 is 0 Å². The fraction of sp³-hybridized carbons (Fsp3) is 0.500. The minimum Gasteiger partial charge on any atom is -0.398 e. The molecule has 0 radical (unpaired) electrons. The Bertz CT molecular complexity index is 349. The molecule has 0 aliphatic heterocycles. The second-order valence-corrected chi connectivity index (χ2v) is 5.03. The third-order valence-corrected chi connectivity index (χ3v) is 3.64. The van der Waals surface area contributed by atoms with E-state index in [2.05, 4.69) is 0 Å². The molecule has 0 unspecified atom stereocenters. The Kier molecular flexibility index (Phi) is 2.23. The highest BCUT2D eigenvalue weighted by atomic mass is 32.1. The lowest BCUT2D eigenvalue weighted by Gasteiger charge is -2.14. The van der Waals surface area contributed by atoms with E-state index in [9.17, 15) is 4.79 Å². The van der Waals surface area contributed by atoms with Crippen LogP contribution in [0.4, 0.5) is 5.69 Å². The van der Waals surface area contributed by atoms with E-state index in [0.717, 1.165) is 28.3 Å². The molecule has 1 heterocycles. The Hall–Kier alpha value is -1.03. The average molecular weight is 210 g/mol. The van der Waals surface area contributed by atoms with Gasteiger partial charge in [0.2, 0.25) is 0 Å². The highest BCUT2D eigenvalue weighted by Crippen LogP contribution is 2.30. The molecule has 1 aromatic heterocycles. The summed E-state index contributed by atoms with van der Waals surface area (Å²) in [5.41, 5.74) is 6.43. The third kappa shape index (κ3) is 1.62. The summed E-state index contributed by atoms with van der Waals surface area (Å²) >= 11 is 1.48. The first-order valence-corrected chi connectivity index (χ1v) is 5.54. The number of carbonyl (C=O) groups excluding carboxylic acids is 1. The maximum atomic E-state index is 11.9. The van der Waals surface area contributed by atoms with Crippen molar-refractivity contribution in [2.45, 2.75) is 25.8 Å². The number of hydrogen-bond donors (Lipinski definition) is 1. The van der Waals surface area contributed by atoms with E-state index in [1.165, 1.54) is 11.3 Å². The van der Waals surface area contributed by atoms with Gasteiger partial charge in [-0.1, -0.05) is 0 Å². The van der Waals surface area contributed by atoms with Crippen molar-refractivity contribution in [3.8, 4) is 0 Å². The Morgan fingerprint density at radius 1 is 1.64 bits per heavy atom. The maximum Gasteiger partial charge on any atom is 0.263 e. The van der Waals surface area contributed by atoms with Gasteiger partial charge in [-0.25, -0.2) is 0 Å². The van der Waals surface area contributed by atoms with Gasteiger partial charge in [0.25, 0.3) is 5.91 Å². The average Bonchev–Trinajstić information content (AvgIpc) is 2.93. The number of aryl methyl sites for hydroxylation is 1. The van der Waals surface area contributed by atoms with Crippen molar-refractivity contribution < 1.29 is 4.79 Å². The molecule has 4 heteroatoms. The van der Waals surface area contributed by atoms with E-state index in [-0.39, 0.29) is 5.91 Å². The molecule has 1 fully saturated rings. The van der Waals surface area contributed by atoms with Crippen molar-refractivity contribution in [3.05, 3.63) is 15.8 Å². The molecule has 1 aliphatic carbocycles. The molecular weight excluding hydrogens is 196 g/mol. The summed E-state index contributed by atoms with van der Waals surface area (Å²) in [4.78, 5) is 15.5. The Balaban J connectivity index is 2.17. The van der Waals surface area contributed by atoms with E-state index in [4.69, 9.17) is 5.73 Å². The summed E-state index contributed by atoms with van der Waals surface area (Å²) in [5, 5.41) is 0. The van der Waals surface area contributed by atoms with Crippen LogP contribution in [-0.4, -0.2) is 23.9 Å². The van der Waals surface area contributed by atoms with Crippen LogP contribution in [0, 0.1) is 6.92 Å². The molecule has 0 bridgehead atoms. The smallest absolute Gasteiger partial charge is 0.263 e. The number of rotatable bonds is 2. The van der Waals surface area contributed by atoms with E-state index in [1.54, 1.807) is 6.07 Å². The number of anilines is 1. The molecule has 76 valence electrons. The lowest BCUT2D eigenvalue weighted by atomic mass is 10.3. The molecule has 1 amide bonds. The monoisotopic (exact) mass is 210 g/mol. The van der Waals surface area contributed by atoms with Crippen LogP contribution in [0.3, 0.4) is 0 Å². The quantitative estimate of drug-likeness (QED) is 0.810. The van der Waals surface area contributed by atoms with Gasteiger partial charge in [-0.3, -0.25) is 4.79 Å². The molecule has 0 saturated heterocycles. The number of amides is 1. The van der Waals surface area contributed by atoms with Gasteiger partial charge in [0.15, 0.2) is 0 Å². The molecule has 14 heavy (non-hydrogen) atoms. The van der Waals surface area contributed by atoms with Crippen molar-refractivity contribution in [1.82, 2.24) is 4.90 Å². The first-order chi connectivity index (χ1) is 6.59. The standard InChI is InChI=1S/C10H14N2OS/c1-6-8(11)5-9(14-6)10(13)12(2)7-3-4-7/h5,7H,3-4,11H2,1-2H3. The van der Waals surface area contributed by atoms with Gasteiger partial charge >= 0.3 is 0 Å². The van der Waals surface area contributed by atoms with Gasteiger partial charge in [-0.15, -0.1) is 11.3 Å². The van der Waals surface area contributed by atoms with Crippen molar-refractivity contribution in [2.75, 3.05) is 12.8 Å². The highest BCUT2D eigenvalue weighted by Gasteiger charge is 2.30. The number of nitrogens with zero attached hydrogens (tertiary/aromatic N) is 1. The zero-order chi connectivity index (χ0) is 10.3. The van der Waals surface area contributed by atoms with Gasteiger partial charge in [-0.2, -0.15) is 0 Å². The maximum absolute atomic E-state index is 11.9. The second kappa shape index (κ2) is 3.28. The minimum absolute atomic E-state index is 0.109. The fourth-order valence-corrected chi connectivity index (χ4v) is 2.33. The van der Waals surface area contributed by atoms with Crippen LogP contribution in [0.15, 0.2) is 6.07 Å². The summed E-state index contributed by atoms with van der Waals surface area (Å²) in [5.74, 6) is 0.109. The summed E-state index contributed by atoms with van der Waals surface area (Å²) in [6.45, 7) is 1.94. The molecule has 1 aromatic rings. The Morgan fingerprint density at radius 2 is 2.29 bits per heavy atom. The third-order valence-electron chi connectivity index (χ3n) is 2.58. The first kappa shape index (κ1) is 9.52. The molecule has 1 saturated carbocycles. The summed E-state index contributed by atoms with van der Waals surface area (Å²) in [7, 11) is 1.87.